The van der Waals surface area contributed by atoms with E-state index in [0.717, 1.165) is 0 Å². The largest absolute Gasteiger partial charge is 0.393 e. The van der Waals surface area contributed by atoms with E-state index in [4.69, 9.17) is 22.9 Å². The van der Waals surface area contributed by atoms with Gasteiger partial charge >= 0.3 is 0 Å². The van der Waals surface area contributed by atoms with Crippen LogP contribution in [0.25, 0.3) is 0 Å². The van der Waals surface area contributed by atoms with Crippen molar-refractivity contribution in [1.29, 1.82) is 0 Å². The molecule has 126 valence electrons. The molecule has 1 heterocycles. The lowest BCUT2D eigenvalue weighted by Crippen LogP contribution is -2.44. The van der Waals surface area contributed by atoms with Crippen LogP contribution in [0.5, 0.6) is 0 Å². The fraction of sp³-hybridized carbons (Fsp3) is 0.833. The molecule has 10 heteroatoms. The first-order valence-electron chi connectivity index (χ1n) is 7.13. The second-order valence-electron chi connectivity index (χ2n) is 6.22. The minimum Gasteiger partial charge on any atom is -0.393 e. The standard InChI is InChI=1S/C12H24N6O3S/c1-12-6(4-17-10(13)14)2-9(19)8(12)3-7(22(12,20)21)5-18-11(15)16/h6-9,19H,2-5H2,1H3,(H4,13,14,17)(H4,15,16,18). The van der Waals surface area contributed by atoms with E-state index < -0.39 is 25.9 Å². The number of nitrogens with two attached hydrogens (primary N) is 4. The van der Waals surface area contributed by atoms with Gasteiger partial charge in [0.2, 0.25) is 0 Å². The lowest BCUT2D eigenvalue weighted by atomic mass is 9.87. The van der Waals surface area contributed by atoms with Gasteiger partial charge in [-0.2, -0.15) is 0 Å². The number of hydrogen-bond acceptors (Lipinski definition) is 5. The van der Waals surface area contributed by atoms with Gasteiger partial charge in [-0.15, -0.1) is 0 Å². The summed E-state index contributed by atoms with van der Waals surface area (Å²) in [7, 11) is -3.52. The minimum atomic E-state index is -3.52. The maximum Gasteiger partial charge on any atom is 0.185 e. The van der Waals surface area contributed by atoms with Crippen molar-refractivity contribution in [2.75, 3.05) is 13.1 Å². The van der Waals surface area contributed by atoms with Crippen molar-refractivity contribution in [2.24, 2.45) is 44.8 Å². The Bertz CT molecular complexity index is 596. The number of nitrogens with zero attached hydrogens (tertiary/aromatic N) is 2. The number of aliphatic imine (C=N–C) groups is 2. The summed E-state index contributed by atoms with van der Waals surface area (Å²) in [5.41, 5.74) is 21.2. The van der Waals surface area contributed by atoms with Crippen LogP contribution in [0.2, 0.25) is 0 Å². The van der Waals surface area contributed by atoms with Gasteiger partial charge in [0.15, 0.2) is 21.8 Å². The molecule has 0 bridgehead atoms. The summed E-state index contributed by atoms with van der Waals surface area (Å²) in [6.07, 6.45) is 0.0181. The molecule has 2 fully saturated rings. The molecule has 1 aliphatic heterocycles. The van der Waals surface area contributed by atoms with Crippen molar-refractivity contribution in [3.63, 3.8) is 0 Å². The minimum absolute atomic E-state index is 0.0124. The topological polar surface area (TPSA) is 183 Å². The van der Waals surface area contributed by atoms with Crippen molar-refractivity contribution in [1.82, 2.24) is 0 Å². The predicted molar refractivity (Wildman–Crippen MR) is 84.7 cm³/mol. The molecule has 22 heavy (non-hydrogen) atoms. The molecular formula is C12H24N6O3S. The predicted octanol–water partition coefficient (Wildman–Crippen LogP) is -2.52. The van der Waals surface area contributed by atoms with E-state index in [0.29, 0.717) is 12.8 Å². The summed E-state index contributed by atoms with van der Waals surface area (Å²) < 4.78 is 24.8. The molecule has 2 aliphatic rings. The fourth-order valence-corrected chi connectivity index (χ4v) is 6.59. The second-order valence-corrected chi connectivity index (χ2v) is 8.86. The van der Waals surface area contributed by atoms with Gasteiger partial charge in [-0.05, 0) is 19.8 Å². The van der Waals surface area contributed by atoms with Gasteiger partial charge in [0.1, 0.15) is 0 Å². The molecule has 0 aromatic heterocycles. The van der Waals surface area contributed by atoms with E-state index in [1.165, 1.54) is 0 Å². The molecule has 0 aromatic carbocycles. The molecule has 2 rings (SSSR count). The Balaban J connectivity index is 2.33. The SMILES string of the molecule is CC12C(CN=C(N)N)CC(O)C1CC(CN=C(N)N)S2(=O)=O. The van der Waals surface area contributed by atoms with Gasteiger partial charge in [0, 0.05) is 18.4 Å². The number of hydrogen-bond donors (Lipinski definition) is 5. The third-order valence-electron chi connectivity index (χ3n) is 5.08. The lowest BCUT2D eigenvalue weighted by Gasteiger charge is -2.30. The van der Waals surface area contributed by atoms with Crippen LogP contribution in [0.15, 0.2) is 9.98 Å². The monoisotopic (exact) mass is 332 g/mol. The average Bonchev–Trinajstić information content (AvgIpc) is 2.76. The van der Waals surface area contributed by atoms with E-state index in [9.17, 15) is 13.5 Å². The molecule has 1 saturated heterocycles. The molecule has 0 aromatic rings. The molecule has 0 radical (unpaired) electrons. The average molecular weight is 332 g/mol. The number of fused-ring (bicyclic) bond motifs is 1. The van der Waals surface area contributed by atoms with Gasteiger partial charge in [0.25, 0.3) is 0 Å². The van der Waals surface area contributed by atoms with E-state index in [1.54, 1.807) is 6.92 Å². The molecule has 1 saturated carbocycles. The first kappa shape index (κ1) is 16.8. The normalized spacial score (nSPS) is 39.2. The summed E-state index contributed by atoms with van der Waals surface area (Å²) in [5.74, 6) is -0.913. The summed E-state index contributed by atoms with van der Waals surface area (Å²) in [6, 6.07) is 0. The summed E-state index contributed by atoms with van der Waals surface area (Å²) in [6.45, 7) is 1.87. The smallest absolute Gasteiger partial charge is 0.185 e. The Labute approximate surface area is 129 Å². The van der Waals surface area contributed by atoms with E-state index in [-0.39, 0.29) is 36.8 Å². The Kier molecular flexibility index (Phi) is 4.26. The van der Waals surface area contributed by atoms with Crippen LogP contribution in [0.3, 0.4) is 0 Å². The summed E-state index contributed by atoms with van der Waals surface area (Å²) >= 11 is 0. The lowest BCUT2D eigenvalue weighted by molar-refractivity contribution is 0.124. The maximum absolute atomic E-state index is 12.9. The van der Waals surface area contributed by atoms with Crippen LogP contribution in [0, 0.1) is 11.8 Å². The van der Waals surface area contributed by atoms with Crippen LogP contribution < -0.4 is 22.9 Å². The zero-order valence-corrected chi connectivity index (χ0v) is 13.3. The van der Waals surface area contributed by atoms with Crippen LogP contribution >= 0.6 is 0 Å². The van der Waals surface area contributed by atoms with Gasteiger partial charge in [-0.25, -0.2) is 8.42 Å². The highest BCUT2D eigenvalue weighted by Gasteiger charge is 2.65. The zero-order valence-electron chi connectivity index (χ0n) is 12.5. The third-order valence-corrected chi connectivity index (χ3v) is 8.16. The molecule has 9 nitrogen and oxygen atoms in total. The van der Waals surface area contributed by atoms with Crippen LogP contribution in [-0.2, 0) is 9.84 Å². The first-order chi connectivity index (χ1) is 10.1. The quantitative estimate of drug-likeness (QED) is 0.278. The van der Waals surface area contributed by atoms with Crippen molar-refractivity contribution in [3.8, 4) is 0 Å². The van der Waals surface area contributed by atoms with Crippen molar-refractivity contribution >= 4 is 21.8 Å². The van der Waals surface area contributed by atoms with E-state index >= 15 is 0 Å². The third kappa shape index (κ3) is 2.50. The number of guanidine groups is 2. The Morgan fingerprint density at radius 2 is 1.68 bits per heavy atom. The first-order valence-corrected chi connectivity index (χ1v) is 8.67. The van der Waals surface area contributed by atoms with E-state index in [2.05, 4.69) is 9.98 Å². The molecular weight excluding hydrogens is 308 g/mol. The molecule has 5 atom stereocenters. The Hall–Kier alpha value is -1.55. The zero-order chi connectivity index (χ0) is 16.7. The number of rotatable bonds is 4. The van der Waals surface area contributed by atoms with Crippen molar-refractivity contribution < 1.29 is 13.5 Å². The summed E-state index contributed by atoms with van der Waals surface area (Å²) in [5, 5.41) is 9.57. The molecule has 9 N–H and O–H groups in total. The van der Waals surface area contributed by atoms with Crippen LogP contribution in [-0.4, -0.2) is 54.6 Å². The number of aliphatic hydroxyl groups is 1. The van der Waals surface area contributed by atoms with Gasteiger partial charge in [0.05, 0.1) is 22.6 Å². The Morgan fingerprint density at radius 3 is 2.23 bits per heavy atom. The highest BCUT2D eigenvalue weighted by atomic mass is 32.2. The van der Waals surface area contributed by atoms with Crippen LogP contribution in [0.4, 0.5) is 0 Å². The van der Waals surface area contributed by atoms with Gasteiger partial charge in [-0.3, -0.25) is 9.98 Å². The fourth-order valence-electron chi connectivity index (χ4n) is 3.83. The number of aliphatic hydroxyl groups excluding tert-OH is 1. The number of sulfone groups is 1. The Morgan fingerprint density at radius 1 is 1.14 bits per heavy atom. The van der Waals surface area contributed by atoms with E-state index in [1.807, 2.05) is 0 Å². The molecule has 1 aliphatic carbocycles. The van der Waals surface area contributed by atoms with Gasteiger partial charge in [-0.1, -0.05) is 0 Å². The maximum atomic E-state index is 12.9. The second kappa shape index (κ2) is 5.58. The van der Waals surface area contributed by atoms with Crippen LogP contribution in [0.1, 0.15) is 19.8 Å². The highest BCUT2D eigenvalue weighted by Crippen LogP contribution is 2.55. The van der Waals surface area contributed by atoms with Crippen molar-refractivity contribution in [2.45, 2.75) is 35.9 Å². The van der Waals surface area contributed by atoms with Crippen molar-refractivity contribution in [3.05, 3.63) is 0 Å². The molecule has 0 spiro atoms. The summed E-state index contributed by atoms with van der Waals surface area (Å²) in [4.78, 5) is 7.77. The highest BCUT2D eigenvalue weighted by molar-refractivity contribution is 7.93. The van der Waals surface area contributed by atoms with Gasteiger partial charge < -0.3 is 28.0 Å². The molecule has 0 amide bonds. The molecule has 5 unspecified atom stereocenters.